The second-order valence-corrected chi connectivity index (χ2v) is 7.51. The van der Waals surface area contributed by atoms with Crippen LogP contribution in [0, 0.1) is 0 Å². The lowest BCUT2D eigenvalue weighted by atomic mass is 10.1. The molecule has 5 nitrogen and oxygen atoms in total. The molecule has 0 spiro atoms. The first-order valence-electron chi connectivity index (χ1n) is 8.92. The number of fused-ring (bicyclic) bond motifs is 2. The minimum Gasteiger partial charge on any atom is -0.350 e. The summed E-state index contributed by atoms with van der Waals surface area (Å²) >= 11 is 1.83. The Bertz CT molecular complexity index is 916. The summed E-state index contributed by atoms with van der Waals surface area (Å²) in [7, 11) is 0. The van der Waals surface area contributed by atoms with Gasteiger partial charge < -0.3 is 10.6 Å². The number of rotatable bonds is 6. The molecule has 1 aliphatic rings. The number of benzene rings is 2. The van der Waals surface area contributed by atoms with Crippen LogP contribution in [0.5, 0.6) is 0 Å². The molecular formula is C20H22N4OS. The number of hydrogen-bond donors (Lipinski definition) is 3. The predicted octanol–water partition coefficient (Wildman–Crippen LogP) is 2.87. The Morgan fingerprint density at radius 2 is 2.08 bits per heavy atom. The molecule has 0 unspecified atom stereocenters. The molecule has 0 atom stereocenters. The summed E-state index contributed by atoms with van der Waals surface area (Å²) in [5.74, 6) is 1.73. The van der Waals surface area contributed by atoms with Crippen molar-refractivity contribution in [3.8, 4) is 0 Å². The van der Waals surface area contributed by atoms with Gasteiger partial charge in [0.05, 0.1) is 0 Å². The number of carbonyl (C=O) groups is 1. The molecule has 2 heterocycles. The maximum atomic E-state index is 12.4. The van der Waals surface area contributed by atoms with Crippen LogP contribution in [0.2, 0.25) is 0 Å². The largest absolute Gasteiger partial charge is 0.350 e. The van der Waals surface area contributed by atoms with Crippen molar-refractivity contribution in [2.75, 3.05) is 18.8 Å². The van der Waals surface area contributed by atoms with Crippen molar-refractivity contribution in [3.63, 3.8) is 0 Å². The number of nitrogens with one attached hydrogen (secondary N) is 3. The highest BCUT2D eigenvalue weighted by Crippen LogP contribution is 2.22. The van der Waals surface area contributed by atoms with Gasteiger partial charge in [-0.05, 0) is 16.3 Å². The van der Waals surface area contributed by atoms with Gasteiger partial charge in [0.2, 0.25) is 0 Å². The lowest BCUT2D eigenvalue weighted by Gasteiger charge is -2.12. The molecular weight excluding hydrogens is 344 g/mol. The lowest BCUT2D eigenvalue weighted by molar-refractivity contribution is 0.0950. The summed E-state index contributed by atoms with van der Waals surface area (Å²) in [6.07, 6.45) is 0.899. The summed E-state index contributed by atoms with van der Waals surface area (Å²) < 4.78 is 0. The van der Waals surface area contributed by atoms with E-state index in [1.165, 1.54) is 16.3 Å². The van der Waals surface area contributed by atoms with Crippen molar-refractivity contribution in [3.05, 3.63) is 65.0 Å². The van der Waals surface area contributed by atoms with E-state index in [1.807, 2.05) is 11.8 Å². The standard InChI is InChI=1S/C20H22N4OS/c25-20(19-17-12-21-9-8-18(17)23-24-19)22-10-11-26-13-15-6-3-5-14-4-1-2-7-16(14)15/h1-7,21H,8-13H2,(H,22,25)(H,23,24). The average Bonchev–Trinajstić information content (AvgIpc) is 3.12. The van der Waals surface area contributed by atoms with Crippen molar-refractivity contribution in [1.82, 2.24) is 20.8 Å². The maximum absolute atomic E-state index is 12.4. The Hall–Kier alpha value is -2.31. The van der Waals surface area contributed by atoms with Gasteiger partial charge in [0, 0.05) is 48.8 Å². The van der Waals surface area contributed by atoms with Gasteiger partial charge >= 0.3 is 0 Å². The quantitative estimate of drug-likeness (QED) is 0.587. The molecule has 0 saturated heterocycles. The van der Waals surface area contributed by atoms with Gasteiger partial charge in [0.15, 0.2) is 5.69 Å². The Morgan fingerprint density at radius 3 is 3.04 bits per heavy atom. The van der Waals surface area contributed by atoms with Crippen molar-refractivity contribution in [2.24, 2.45) is 0 Å². The number of aromatic nitrogens is 2. The predicted molar refractivity (Wildman–Crippen MR) is 106 cm³/mol. The Kier molecular flexibility index (Phi) is 5.22. The first-order valence-corrected chi connectivity index (χ1v) is 10.1. The molecule has 0 aliphatic carbocycles. The number of hydrogen-bond acceptors (Lipinski definition) is 4. The highest BCUT2D eigenvalue weighted by atomic mass is 32.2. The van der Waals surface area contributed by atoms with E-state index in [9.17, 15) is 4.79 Å². The Balaban J connectivity index is 1.28. The molecule has 0 saturated carbocycles. The fourth-order valence-electron chi connectivity index (χ4n) is 3.33. The van der Waals surface area contributed by atoms with Crippen LogP contribution >= 0.6 is 11.8 Å². The van der Waals surface area contributed by atoms with E-state index in [2.05, 4.69) is 63.3 Å². The van der Waals surface area contributed by atoms with Crippen molar-refractivity contribution < 1.29 is 4.79 Å². The molecule has 1 aliphatic heterocycles. The van der Waals surface area contributed by atoms with E-state index in [0.717, 1.165) is 35.7 Å². The minimum absolute atomic E-state index is 0.0861. The van der Waals surface area contributed by atoms with Gasteiger partial charge in [-0.1, -0.05) is 42.5 Å². The normalized spacial score (nSPS) is 13.5. The molecule has 1 amide bonds. The van der Waals surface area contributed by atoms with Crippen LogP contribution < -0.4 is 10.6 Å². The molecule has 1 aromatic heterocycles. The van der Waals surface area contributed by atoms with Gasteiger partial charge in [-0.25, -0.2) is 0 Å². The fourth-order valence-corrected chi connectivity index (χ4v) is 4.20. The van der Waals surface area contributed by atoms with Crippen LogP contribution in [0.25, 0.3) is 10.8 Å². The van der Waals surface area contributed by atoms with Crippen molar-refractivity contribution >= 4 is 28.4 Å². The zero-order valence-corrected chi connectivity index (χ0v) is 15.4. The van der Waals surface area contributed by atoms with Crippen LogP contribution in [0.4, 0.5) is 0 Å². The summed E-state index contributed by atoms with van der Waals surface area (Å²) in [6, 6.07) is 14.9. The molecule has 26 heavy (non-hydrogen) atoms. The molecule has 2 aromatic carbocycles. The SMILES string of the molecule is O=C(NCCSCc1cccc2ccccc12)c1n[nH]c2c1CNCC2. The van der Waals surface area contributed by atoms with Gasteiger partial charge in [0.1, 0.15) is 0 Å². The summed E-state index contributed by atoms with van der Waals surface area (Å²) in [4.78, 5) is 12.4. The van der Waals surface area contributed by atoms with Gasteiger partial charge in [0.25, 0.3) is 5.91 Å². The third-order valence-electron chi connectivity index (χ3n) is 4.69. The third kappa shape index (κ3) is 3.61. The highest BCUT2D eigenvalue weighted by molar-refractivity contribution is 7.98. The van der Waals surface area contributed by atoms with Crippen LogP contribution in [0.15, 0.2) is 42.5 Å². The molecule has 3 N–H and O–H groups in total. The van der Waals surface area contributed by atoms with Crippen LogP contribution in [0.1, 0.15) is 27.3 Å². The molecule has 3 aromatic rings. The van der Waals surface area contributed by atoms with E-state index >= 15 is 0 Å². The van der Waals surface area contributed by atoms with Gasteiger partial charge in [-0.2, -0.15) is 16.9 Å². The third-order valence-corrected chi connectivity index (χ3v) is 5.70. The average molecular weight is 366 g/mol. The number of nitrogens with zero attached hydrogens (tertiary/aromatic N) is 1. The number of carbonyl (C=O) groups excluding carboxylic acids is 1. The first kappa shape index (κ1) is 17.1. The zero-order chi connectivity index (χ0) is 17.8. The van der Waals surface area contributed by atoms with E-state index in [1.54, 1.807) is 0 Å². The van der Waals surface area contributed by atoms with Crippen molar-refractivity contribution in [1.29, 1.82) is 0 Å². The van der Waals surface area contributed by atoms with E-state index in [0.29, 0.717) is 18.8 Å². The monoisotopic (exact) mass is 366 g/mol. The van der Waals surface area contributed by atoms with Crippen LogP contribution in [-0.4, -0.2) is 34.9 Å². The van der Waals surface area contributed by atoms with Crippen LogP contribution in [-0.2, 0) is 18.7 Å². The molecule has 0 bridgehead atoms. The first-order chi connectivity index (χ1) is 12.8. The second kappa shape index (κ2) is 7.93. The number of amides is 1. The molecule has 4 rings (SSSR count). The van der Waals surface area contributed by atoms with Gasteiger partial charge in [-0.15, -0.1) is 0 Å². The fraction of sp³-hybridized carbons (Fsp3) is 0.300. The van der Waals surface area contributed by atoms with E-state index in [4.69, 9.17) is 0 Å². The minimum atomic E-state index is -0.0861. The molecule has 6 heteroatoms. The summed E-state index contributed by atoms with van der Waals surface area (Å²) in [5.41, 5.74) is 3.97. The topological polar surface area (TPSA) is 69.8 Å². The maximum Gasteiger partial charge on any atom is 0.272 e. The lowest BCUT2D eigenvalue weighted by Crippen LogP contribution is -2.29. The Morgan fingerprint density at radius 1 is 1.19 bits per heavy atom. The number of aromatic amines is 1. The zero-order valence-electron chi connectivity index (χ0n) is 14.5. The summed E-state index contributed by atoms with van der Waals surface area (Å²) in [6.45, 7) is 2.29. The smallest absolute Gasteiger partial charge is 0.272 e. The van der Waals surface area contributed by atoms with Crippen LogP contribution in [0.3, 0.4) is 0 Å². The summed E-state index contributed by atoms with van der Waals surface area (Å²) in [5, 5.41) is 16.0. The van der Waals surface area contributed by atoms with Crippen molar-refractivity contribution in [2.45, 2.75) is 18.7 Å². The molecule has 0 fully saturated rings. The van der Waals surface area contributed by atoms with E-state index < -0.39 is 0 Å². The molecule has 0 radical (unpaired) electrons. The Labute approximate surface area is 157 Å². The number of thioether (sulfide) groups is 1. The second-order valence-electron chi connectivity index (χ2n) is 6.40. The number of H-pyrrole nitrogens is 1. The molecule has 134 valence electrons. The van der Waals surface area contributed by atoms with Gasteiger partial charge in [-0.3, -0.25) is 9.89 Å². The van der Waals surface area contributed by atoms with E-state index in [-0.39, 0.29) is 5.91 Å². The highest BCUT2D eigenvalue weighted by Gasteiger charge is 2.21.